The van der Waals surface area contributed by atoms with Crippen molar-refractivity contribution >= 4 is 17.3 Å². The van der Waals surface area contributed by atoms with Crippen molar-refractivity contribution in [2.75, 3.05) is 6.61 Å². The van der Waals surface area contributed by atoms with Crippen LogP contribution in [0.5, 0.6) is 11.5 Å². The van der Waals surface area contributed by atoms with Crippen LogP contribution in [-0.2, 0) is 6.54 Å². The Morgan fingerprint density at radius 2 is 1.84 bits per heavy atom. The smallest absolute Gasteiger partial charge is 0.255 e. The van der Waals surface area contributed by atoms with Crippen molar-refractivity contribution in [3.63, 3.8) is 0 Å². The van der Waals surface area contributed by atoms with E-state index in [1.807, 2.05) is 36.4 Å². The number of aliphatic hydroxyl groups is 1. The average molecular weight is 584 g/mol. The second-order valence-electron chi connectivity index (χ2n) is 12.6. The molecule has 6 N–H and O–H groups in total. The number of amides is 2. The number of nitrogens with zero attached hydrogens (tertiary/aromatic N) is 2. The molecule has 0 saturated heterocycles. The van der Waals surface area contributed by atoms with Gasteiger partial charge in [0.05, 0.1) is 40.7 Å². The first-order valence-electron chi connectivity index (χ1n) is 14.5. The molecule has 2 amide bonds. The molecule has 43 heavy (non-hydrogen) atoms. The van der Waals surface area contributed by atoms with E-state index >= 15 is 0 Å². The number of nitrogens with two attached hydrogens (primary N) is 2. The quantitative estimate of drug-likeness (QED) is 0.221. The molecule has 224 valence electrons. The molecule has 2 heterocycles. The number of benzene rings is 2. The Hall–Kier alpha value is -4.41. The number of primary amides is 1. The zero-order chi connectivity index (χ0) is 30.4. The van der Waals surface area contributed by atoms with Gasteiger partial charge in [0.15, 0.2) is 0 Å². The van der Waals surface area contributed by atoms with E-state index in [0.717, 1.165) is 42.4 Å². The summed E-state index contributed by atoms with van der Waals surface area (Å²) >= 11 is 0. The number of ether oxygens (including phenoxy) is 2. The number of pyridine rings is 1. The molecule has 10 nitrogen and oxygen atoms in total. The van der Waals surface area contributed by atoms with Crippen molar-refractivity contribution in [1.82, 2.24) is 14.9 Å². The molecule has 0 radical (unpaired) electrons. The average Bonchev–Trinajstić information content (AvgIpc) is 3.36. The molecule has 0 unspecified atom stereocenters. The van der Waals surface area contributed by atoms with E-state index in [-0.39, 0.29) is 30.1 Å². The van der Waals surface area contributed by atoms with Crippen LogP contribution in [0.1, 0.15) is 65.8 Å². The summed E-state index contributed by atoms with van der Waals surface area (Å²) in [6.45, 7) is 3.94. The number of hydrogen-bond acceptors (Lipinski definition) is 7. The lowest BCUT2D eigenvalue weighted by atomic mass is 9.53. The Kier molecular flexibility index (Phi) is 7.35. The lowest BCUT2D eigenvalue weighted by molar-refractivity contribution is -0.0834. The van der Waals surface area contributed by atoms with E-state index in [0.29, 0.717) is 34.7 Å². The van der Waals surface area contributed by atoms with Gasteiger partial charge in [-0.05, 0) is 92.0 Å². The number of carbonyl (C=O) groups excluding carboxylic acids is 2. The van der Waals surface area contributed by atoms with Gasteiger partial charge in [0, 0.05) is 12.6 Å². The Morgan fingerprint density at radius 1 is 1.07 bits per heavy atom. The third kappa shape index (κ3) is 6.07. The summed E-state index contributed by atoms with van der Waals surface area (Å²) in [5.74, 6) is 0.369. The Labute approximate surface area is 250 Å². The molecular formula is C33H37N5O5. The summed E-state index contributed by atoms with van der Waals surface area (Å²) in [7, 11) is 0. The van der Waals surface area contributed by atoms with E-state index in [4.69, 9.17) is 20.9 Å². The predicted octanol–water partition coefficient (Wildman–Crippen LogP) is 3.83. The Morgan fingerprint density at radius 3 is 2.56 bits per heavy atom. The van der Waals surface area contributed by atoms with Gasteiger partial charge in [-0.15, -0.1) is 0 Å². The zero-order valence-electron chi connectivity index (χ0n) is 24.4. The van der Waals surface area contributed by atoms with Gasteiger partial charge in [0.1, 0.15) is 18.1 Å². The van der Waals surface area contributed by atoms with E-state index in [1.54, 1.807) is 49.0 Å². The van der Waals surface area contributed by atoms with Crippen molar-refractivity contribution in [1.29, 1.82) is 0 Å². The third-order valence-electron chi connectivity index (χ3n) is 8.38. The number of hydrogen-bond donors (Lipinski definition) is 4. The maximum absolute atomic E-state index is 13.1. The molecule has 10 heteroatoms. The largest absolute Gasteiger partial charge is 0.490 e. The minimum atomic E-state index is -0.952. The Balaban J connectivity index is 1.04. The summed E-state index contributed by atoms with van der Waals surface area (Å²) in [4.78, 5) is 25.2. The number of fused-ring (bicyclic) bond motifs is 1. The maximum Gasteiger partial charge on any atom is 0.255 e. The van der Waals surface area contributed by atoms with Crippen molar-refractivity contribution in [2.45, 2.75) is 63.8 Å². The predicted molar refractivity (Wildman–Crippen MR) is 162 cm³/mol. The van der Waals surface area contributed by atoms with E-state index < -0.39 is 11.5 Å². The van der Waals surface area contributed by atoms with Crippen molar-refractivity contribution in [3.8, 4) is 22.6 Å². The minimum absolute atomic E-state index is 0.0205. The van der Waals surface area contributed by atoms with E-state index in [2.05, 4.69) is 10.4 Å². The number of carbonyl (C=O) groups is 2. The second-order valence-corrected chi connectivity index (χ2v) is 12.6. The standard InChI is InChI=1S/C33H37N5O5/c1-32(2,41)19-42-24-7-9-28-27(17-36-38(28)18-24)31(40)37-23-12-33(13-23)14-25(15-33)43-29-11-22(6-8-26(29)30(35)39)21-5-3-4-20(10-21)16-34/h3-11,17-18,23,25,41H,12-16,19,34H2,1-2H3,(H2,35,39)(H,37,40). The molecule has 2 aliphatic rings. The SMILES string of the molecule is CC(C)(O)COc1ccc2c(C(=O)NC3CC4(C3)CC(Oc3cc(-c5cccc(CN)c5)ccc3C(N)=O)C4)cnn2c1. The first kappa shape index (κ1) is 28.7. The summed E-state index contributed by atoms with van der Waals surface area (Å²) in [5.41, 5.74) is 15.1. The first-order valence-corrected chi connectivity index (χ1v) is 14.5. The molecule has 0 atom stereocenters. The van der Waals surface area contributed by atoms with Crippen LogP contribution in [0.15, 0.2) is 67.0 Å². The molecule has 2 aliphatic carbocycles. The fourth-order valence-corrected chi connectivity index (χ4v) is 6.22. The number of nitrogens with one attached hydrogen (secondary N) is 1. The van der Waals surface area contributed by atoms with Crippen LogP contribution in [0.3, 0.4) is 0 Å². The van der Waals surface area contributed by atoms with Gasteiger partial charge in [-0.2, -0.15) is 5.10 Å². The number of aromatic nitrogens is 2. The van der Waals surface area contributed by atoms with Gasteiger partial charge in [-0.25, -0.2) is 4.52 Å². The van der Waals surface area contributed by atoms with Crippen LogP contribution in [0, 0.1) is 5.41 Å². The summed E-state index contributed by atoms with van der Waals surface area (Å²) in [5, 5.41) is 17.4. The lowest BCUT2D eigenvalue weighted by Gasteiger charge is -2.57. The molecule has 6 rings (SSSR count). The molecule has 2 saturated carbocycles. The molecule has 0 aliphatic heterocycles. The highest BCUT2D eigenvalue weighted by Gasteiger charge is 2.54. The van der Waals surface area contributed by atoms with Crippen molar-refractivity contribution in [2.24, 2.45) is 16.9 Å². The molecule has 4 aromatic rings. The van der Waals surface area contributed by atoms with Crippen LogP contribution < -0.4 is 26.3 Å². The molecule has 2 fully saturated rings. The number of rotatable bonds is 10. The Bertz CT molecular complexity index is 1680. The summed E-state index contributed by atoms with van der Waals surface area (Å²) in [6, 6.07) is 17.1. The van der Waals surface area contributed by atoms with Crippen LogP contribution in [0.4, 0.5) is 0 Å². The normalized spacial score (nSPS) is 21.2. The van der Waals surface area contributed by atoms with Gasteiger partial charge < -0.3 is 31.4 Å². The lowest BCUT2D eigenvalue weighted by Crippen LogP contribution is -2.58. The van der Waals surface area contributed by atoms with Crippen LogP contribution >= 0.6 is 0 Å². The molecular weight excluding hydrogens is 546 g/mol. The highest BCUT2D eigenvalue weighted by atomic mass is 16.5. The van der Waals surface area contributed by atoms with Gasteiger partial charge >= 0.3 is 0 Å². The minimum Gasteiger partial charge on any atom is -0.490 e. The second kappa shape index (κ2) is 11.0. The molecule has 2 aromatic carbocycles. The van der Waals surface area contributed by atoms with Gasteiger partial charge in [0.2, 0.25) is 0 Å². The van der Waals surface area contributed by atoms with Crippen molar-refractivity contribution in [3.05, 3.63) is 83.7 Å². The highest BCUT2D eigenvalue weighted by Crippen LogP contribution is 2.57. The van der Waals surface area contributed by atoms with Crippen LogP contribution in [0.2, 0.25) is 0 Å². The topological polar surface area (TPSA) is 154 Å². The van der Waals surface area contributed by atoms with E-state index in [9.17, 15) is 14.7 Å². The molecule has 0 bridgehead atoms. The van der Waals surface area contributed by atoms with Gasteiger partial charge in [-0.3, -0.25) is 9.59 Å². The van der Waals surface area contributed by atoms with Crippen molar-refractivity contribution < 1.29 is 24.2 Å². The monoisotopic (exact) mass is 583 g/mol. The summed E-state index contributed by atoms with van der Waals surface area (Å²) in [6.07, 6.45) is 6.70. The van der Waals surface area contributed by atoms with E-state index in [1.165, 1.54) is 0 Å². The summed E-state index contributed by atoms with van der Waals surface area (Å²) < 4.78 is 13.6. The van der Waals surface area contributed by atoms with Crippen LogP contribution in [0.25, 0.3) is 16.6 Å². The van der Waals surface area contributed by atoms with Gasteiger partial charge in [0.25, 0.3) is 11.8 Å². The third-order valence-corrected chi connectivity index (χ3v) is 8.38. The maximum atomic E-state index is 13.1. The first-order chi connectivity index (χ1) is 20.5. The highest BCUT2D eigenvalue weighted by molar-refractivity contribution is 6.01. The fourth-order valence-electron chi connectivity index (χ4n) is 6.22. The van der Waals surface area contributed by atoms with Gasteiger partial charge in [-0.1, -0.05) is 24.3 Å². The van der Waals surface area contributed by atoms with Crippen LogP contribution in [-0.4, -0.2) is 50.9 Å². The fraction of sp³-hybridized carbons (Fsp3) is 0.364. The molecule has 2 aromatic heterocycles. The molecule has 1 spiro atoms. The zero-order valence-corrected chi connectivity index (χ0v) is 24.4.